The van der Waals surface area contributed by atoms with Gasteiger partial charge in [0.05, 0.1) is 13.2 Å². The van der Waals surface area contributed by atoms with Gasteiger partial charge in [-0.05, 0) is 0 Å². The number of aliphatic hydroxyl groups is 1. The Morgan fingerprint density at radius 3 is 2.56 bits per heavy atom. The van der Waals surface area contributed by atoms with Crippen LogP contribution in [0.3, 0.4) is 0 Å². The normalized spacial score (nSPS) is 13.2. The van der Waals surface area contributed by atoms with Crippen LogP contribution in [0.25, 0.3) is 0 Å². The minimum absolute atomic E-state index is 0.0838. The predicted octanol–water partition coefficient (Wildman–Crippen LogP) is -0.204. The summed E-state index contributed by atoms with van der Waals surface area (Å²) in [5.41, 5.74) is -1.81. The van der Waals surface area contributed by atoms with Gasteiger partial charge in [-0.25, -0.2) is 9.36 Å². The van der Waals surface area contributed by atoms with E-state index in [1.807, 2.05) is 0 Å². The van der Waals surface area contributed by atoms with Crippen molar-refractivity contribution in [1.29, 1.82) is 0 Å². The molecule has 1 atom stereocenters. The average Bonchev–Trinajstić information content (AvgIpc) is 2.16. The highest BCUT2D eigenvalue weighted by Crippen LogP contribution is 2.36. The van der Waals surface area contributed by atoms with Gasteiger partial charge < -0.3 is 19.6 Å². The number of aliphatic hydroxyl groups excluding tert-OH is 1. The molecule has 0 aromatic carbocycles. The van der Waals surface area contributed by atoms with Crippen LogP contribution in [-0.2, 0) is 19.1 Å². The van der Waals surface area contributed by atoms with Crippen molar-refractivity contribution in [2.24, 2.45) is 0 Å². The van der Waals surface area contributed by atoms with Crippen LogP contribution < -0.4 is 0 Å². The summed E-state index contributed by atoms with van der Waals surface area (Å²) in [7, 11) is -4.95. The fraction of sp³-hybridized carbons (Fsp3) is 0.571. The van der Waals surface area contributed by atoms with Gasteiger partial charge in [0, 0.05) is 0 Å². The predicted molar refractivity (Wildman–Crippen MR) is 51.5 cm³/mol. The minimum atomic E-state index is -4.95. The standard InChI is InChI=1S/C7H13O8P/c1-2-3-13-4-6(8)5-14-15-7(9)16(10,11)12/h2,6,8H,1,3-5H2,(H2,10,11,12)/t6-/m1/s1. The second-order valence-electron chi connectivity index (χ2n) is 2.66. The molecule has 3 N–H and O–H groups in total. The zero-order chi connectivity index (χ0) is 12.6. The number of hydrogen-bond donors (Lipinski definition) is 3. The fourth-order valence-corrected chi connectivity index (χ4v) is 0.697. The molecular weight excluding hydrogens is 243 g/mol. The van der Waals surface area contributed by atoms with Crippen LogP contribution in [0.5, 0.6) is 0 Å². The molecule has 0 saturated heterocycles. The van der Waals surface area contributed by atoms with E-state index in [4.69, 9.17) is 19.6 Å². The number of rotatable bonds is 8. The molecule has 0 aliphatic rings. The molecule has 0 heterocycles. The molecule has 9 heteroatoms. The first-order valence-corrected chi connectivity index (χ1v) is 5.75. The second-order valence-corrected chi connectivity index (χ2v) is 4.11. The molecular formula is C7H13O8P. The maximum Gasteiger partial charge on any atom is 0.452 e. The summed E-state index contributed by atoms with van der Waals surface area (Å²) in [6, 6.07) is 0. The Kier molecular flexibility index (Phi) is 7.15. The Morgan fingerprint density at radius 1 is 1.44 bits per heavy atom. The van der Waals surface area contributed by atoms with Crippen LogP contribution in [0, 0.1) is 0 Å². The van der Waals surface area contributed by atoms with E-state index in [0.717, 1.165) is 0 Å². The highest BCUT2D eigenvalue weighted by molar-refractivity contribution is 7.69. The van der Waals surface area contributed by atoms with Gasteiger partial charge in [-0.15, -0.1) is 6.58 Å². The summed E-state index contributed by atoms with van der Waals surface area (Å²) in [4.78, 5) is 34.9. The molecule has 0 unspecified atom stereocenters. The van der Waals surface area contributed by atoms with Crippen molar-refractivity contribution in [1.82, 2.24) is 0 Å². The van der Waals surface area contributed by atoms with Gasteiger partial charge in [0.25, 0.3) is 0 Å². The lowest BCUT2D eigenvalue weighted by atomic mass is 10.4. The molecule has 0 aliphatic carbocycles. The van der Waals surface area contributed by atoms with Gasteiger partial charge in [0.1, 0.15) is 12.7 Å². The first kappa shape index (κ1) is 15.2. The van der Waals surface area contributed by atoms with Crippen molar-refractivity contribution in [3.63, 3.8) is 0 Å². The van der Waals surface area contributed by atoms with E-state index in [2.05, 4.69) is 16.4 Å². The Balaban J connectivity index is 3.62. The van der Waals surface area contributed by atoms with Crippen molar-refractivity contribution in [2.45, 2.75) is 6.10 Å². The quantitative estimate of drug-likeness (QED) is 0.179. The Bertz CT molecular complexity index is 272. The van der Waals surface area contributed by atoms with E-state index in [0.29, 0.717) is 0 Å². The van der Waals surface area contributed by atoms with E-state index in [-0.39, 0.29) is 13.2 Å². The Labute approximate surface area is 91.5 Å². The monoisotopic (exact) mass is 256 g/mol. The molecule has 0 fully saturated rings. The van der Waals surface area contributed by atoms with E-state index in [9.17, 15) is 9.36 Å². The van der Waals surface area contributed by atoms with Gasteiger partial charge >= 0.3 is 13.3 Å². The second kappa shape index (κ2) is 7.50. The van der Waals surface area contributed by atoms with Gasteiger partial charge in [-0.1, -0.05) is 6.08 Å². The maximum absolute atomic E-state index is 10.5. The van der Waals surface area contributed by atoms with Crippen LogP contribution in [0.2, 0.25) is 0 Å². The van der Waals surface area contributed by atoms with Crippen molar-refractivity contribution in [3.8, 4) is 0 Å². The number of hydrogen-bond acceptors (Lipinski definition) is 6. The maximum atomic E-state index is 10.5. The van der Waals surface area contributed by atoms with Crippen molar-refractivity contribution >= 4 is 13.3 Å². The summed E-state index contributed by atoms with van der Waals surface area (Å²) >= 11 is 0. The number of ether oxygens (including phenoxy) is 1. The van der Waals surface area contributed by atoms with Crippen LogP contribution in [0.15, 0.2) is 12.7 Å². The third kappa shape index (κ3) is 7.52. The molecule has 8 nitrogen and oxygen atoms in total. The first-order chi connectivity index (χ1) is 7.38. The van der Waals surface area contributed by atoms with Crippen LogP contribution in [-0.4, -0.2) is 46.5 Å². The highest BCUT2D eigenvalue weighted by atomic mass is 31.2. The third-order valence-electron chi connectivity index (χ3n) is 1.17. The van der Waals surface area contributed by atoms with Gasteiger partial charge in [0.2, 0.25) is 0 Å². The molecule has 94 valence electrons. The Hall–Kier alpha value is -0.760. The molecule has 0 aromatic rings. The lowest BCUT2D eigenvalue weighted by Crippen LogP contribution is -2.22. The summed E-state index contributed by atoms with van der Waals surface area (Å²) in [6.45, 7) is 3.07. The van der Waals surface area contributed by atoms with Crippen molar-refractivity contribution in [3.05, 3.63) is 12.7 Å². The number of carbonyl (C=O) groups is 1. The average molecular weight is 256 g/mol. The smallest absolute Gasteiger partial charge is 0.388 e. The largest absolute Gasteiger partial charge is 0.452 e. The fourth-order valence-electron chi connectivity index (χ4n) is 0.547. The molecule has 16 heavy (non-hydrogen) atoms. The molecule has 0 saturated carbocycles. The number of carbonyl (C=O) groups excluding carboxylic acids is 1. The van der Waals surface area contributed by atoms with Crippen LogP contribution in [0.4, 0.5) is 4.79 Å². The summed E-state index contributed by atoms with van der Waals surface area (Å²) in [5, 5.41) is 9.12. The minimum Gasteiger partial charge on any atom is -0.388 e. The Morgan fingerprint density at radius 2 is 2.06 bits per heavy atom. The molecule has 0 aliphatic heterocycles. The topological polar surface area (TPSA) is 123 Å². The van der Waals surface area contributed by atoms with E-state index in [1.54, 1.807) is 0 Å². The van der Waals surface area contributed by atoms with Gasteiger partial charge in [-0.3, -0.25) is 4.89 Å². The van der Waals surface area contributed by atoms with Gasteiger partial charge in [-0.2, -0.15) is 4.89 Å². The summed E-state index contributed by atoms with van der Waals surface area (Å²) < 4.78 is 15.1. The van der Waals surface area contributed by atoms with E-state index >= 15 is 0 Å². The third-order valence-corrected chi connectivity index (χ3v) is 1.72. The zero-order valence-corrected chi connectivity index (χ0v) is 9.21. The SMILES string of the molecule is C=CCOC[C@@H](O)COOC(=O)P(=O)(O)O. The summed E-state index contributed by atoms with van der Waals surface area (Å²) in [5.74, 6) is 0. The zero-order valence-electron chi connectivity index (χ0n) is 8.31. The highest BCUT2D eigenvalue weighted by Gasteiger charge is 2.29. The van der Waals surface area contributed by atoms with E-state index in [1.165, 1.54) is 6.08 Å². The lowest BCUT2D eigenvalue weighted by molar-refractivity contribution is -0.249. The summed E-state index contributed by atoms with van der Waals surface area (Å²) in [6.07, 6.45) is 0.394. The molecule has 0 rings (SSSR count). The molecule has 0 bridgehead atoms. The lowest BCUT2D eigenvalue weighted by Gasteiger charge is -2.09. The molecule has 0 aromatic heterocycles. The van der Waals surface area contributed by atoms with Gasteiger partial charge in [0.15, 0.2) is 0 Å². The first-order valence-electron chi connectivity index (χ1n) is 4.14. The molecule has 0 radical (unpaired) electrons. The molecule has 0 amide bonds. The van der Waals surface area contributed by atoms with Crippen molar-refractivity contribution in [2.75, 3.05) is 19.8 Å². The van der Waals surface area contributed by atoms with E-state index < -0.39 is 26.0 Å². The van der Waals surface area contributed by atoms with Crippen molar-refractivity contribution < 1.29 is 38.8 Å². The molecule has 0 spiro atoms. The van der Waals surface area contributed by atoms with Crippen LogP contribution in [0.1, 0.15) is 0 Å². The van der Waals surface area contributed by atoms with Crippen LogP contribution >= 0.6 is 7.60 Å².